The predicted molar refractivity (Wildman–Crippen MR) is 52.0 cm³/mol. The number of nitrogens with two attached hydrogens (primary N) is 1. The summed E-state index contributed by atoms with van der Waals surface area (Å²) < 4.78 is 24.2. The Morgan fingerprint density at radius 1 is 1.43 bits per heavy atom. The van der Waals surface area contributed by atoms with Crippen LogP contribution < -0.4 is 16.6 Å². The van der Waals surface area contributed by atoms with E-state index < -0.39 is 13.0 Å². The summed E-state index contributed by atoms with van der Waals surface area (Å²) in [7, 11) is 0. The third-order valence-corrected chi connectivity index (χ3v) is 2.10. The van der Waals surface area contributed by atoms with E-state index in [1.165, 1.54) is 6.33 Å². The summed E-state index contributed by atoms with van der Waals surface area (Å²) in [5.41, 5.74) is 2.30. The molecule has 0 saturated heterocycles. The minimum atomic E-state index is -2.44. The number of rotatable bonds is 4. The Labute approximate surface area is 87.2 Å². The first-order valence-electron chi connectivity index (χ1n) is 3.64. The van der Waals surface area contributed by atoms with Crippen LogP contribution in [0.4, 0.5) is 20.4 Å². The van der Waals surface area contributed by atoms with E-state index in [0.29, 0.717) is 10.3 Å². The highest BCUT2D eigenvalue weighted by atomic mass is 79.9. The van der Waals surface area contributed by atoms with E-state index in [0.717, 1.165) is 0 Å². The Morgan fingerprint density at radius 3 is 2.64 bits per heavy atom. The van der Waals surface area contributed by atoms with Gasteiger partial charge in [0.1, 0.15) is 16.6 Å². The number of hydrogen-bond donors (Lipinski definition) is 3. The van der Waals surface area contributed by atoms with Gasteiger partial charge in [0.05, 0.1) is 6.54 Å². The minimum absolute atomic E-state index is 0.272. The van der Waals surface area contributed by atoms with E-state index in [9.17, 15) is 8.78 Å². The van der Waals surface area contributed by atoms with Gasteiger partial charge in [-0.05, 0) is 15.9 Å². The van der Waals surface area contributed by atoms with Crippen LogP contribution in [0.1, 0.15) is 0 Å². The summed E-state index contributed by atoms with van der Waals surface area (Å²) in [5, 5.41) is 2.44. The number of nitrogens with zero attached hydrogens (tertiary/aromatic N) is 2. The smallest absolute Gasteiger partial charge is 0.255 e. The Balaban J connectivity index is 2.76. The van der Waals surface area contributed by atoms with Crippen molar-refractivity contribution in [3.05, 3.63) is 10.8 Å². The number of hydrogen-bond acceptors (Lipinski definition) is 5. The number of nitrogens with one attached hydrogen (secondary N) is 2. The molecule has 0 atom stereocenters. The molecule has 0 aliphatic rings. The van der Waals surface area contributed by atoms with Gasteiger partial charge < -0.3 is 10.7 Å². The van der Waals surface area contributed by atoms with E-state index in [2.05, 4.69) is 36.6 Å². The van der Waals surface area contributed by atoms with E-state index in [-0.39, 0.29) is 5.82 Å². The van der Waals surface area contributed by atoms with Crippen molar-refractivity contribution in [2.45, 2.75) is 6.43 Å². The van der Waals surface area contributed by atoms with Crippen molar-refractivity contribution in [2.75, 3.05) is 17.3 Å². The molecule has 1 aromatic rings. The van der Waals surface area contributed by atoms with Crippen LogP contribution in [0.2, 0.25) is 0 Å². The average molecular weight is 268 g/mol. The first kappa shape index (κ1) is 11.1. The molecule has 0 aliphatic carbocycles. The highest BCUT2D eigenvalue weighted by Crippen LogP contribution is 2.25. The minimum Gasteiger partial charge on any atom is -0.363 e. The molecule has 1 rings (SSSR count). The molecule has 14 heavy (non-hydrogen) atoms. The molecule has 1 aromatic heterocycles. The number of halogens is 3. The largest absolute Gasteiger partial charge is 0.363 e. The molecule has 78 valence electrons. The summed E-state index contributed by atoms with van der Waals surface area (Å²) in [6.07, 6.45) is -1.22. The van der Waals surface area contributed by atoms with Crippen molar-refractivity contribution in [2.24, 2.45) is 5.84 Å². The van der Waals surface area contributed by atoms with Gasteiger partial charge in [-0.15, -0.1) is 0 Å². The lowest BCUT2D eigenvalue weighted by molar-refractivity contribution is 0.163. The topological polar surface area (TPSA) is 75.9 Å². The molecule has 0 spiro atoms. The zero-order chi connectivity index (χ0) is 10.6. The molecule has 5 nitrogen and oxygen atoms in total. The van der Waals surface area contributed by atoms with Crippen LogP contribution in [0.3, 0.4) is 0 Å². The van der Waals surface area contributed by atoms with Gasteiger partial charge in [-0.2, -0.15) is 0 Å². The molecule has 0 fully saturated rings. The molecule has 0 bridgehead atoms. The maximum atomic E-state index is 11.9. The van der Waals surface area contributed by atoms with Crippen molar-refractivity contribution in [3.8, 4) is 0 Å². The highest BCUT2D eigenvalue weighted by molar-refractivity contribution is 9.10. The lowest BCUT2D eigenvalue weighted by Crippen LogP contribution is -2.14. The zero-order valence-electron chi connectivity index (χ0n) is 6.97. The Morgan fingerprint density at radius 2 is 2.07 bits per heavy atom. The number of hydrazine groups is 1. The summed E-state index contributed by atoms with van der Waals surface area (Å²) in [6.45, 7) is -0.473. The van der Waals surface area contributed by atoms with Crippen LogP contribution in [0.5, 0.6) is 0 Å². The molecular weight excluding hydrogens is 260 g/mol. The monoisotopic (exact) mass is 267 g/mol. The van der Waals surface area contributed by atoms with Crippen molar-refractivity contribution < 1.29 is 8.78 Å². The van der Waals surface area contributed by atoms with Crippen LogP contribution in [0.25, 0.3) is 0 Å². The third kappa shape index (κ3) is 2.74. The second kappa shape index (κ2) is 5.01. The molecule has 0 aliphatic heterocycles. The van der Waals surface area contributed by atoms with Gasteiger partial charge in [-0.3, -0.25) is 0 Å². The number of aromatic nitrogens is 2. The summed E-state index contributed by atoms with van der Waals surface area (Å²) in [5.74, 6) is 5.73. The number of anilines is 2. The van der Waals surface area contributed by atoms with Crippen molar-refractivity contribution in [3.63, 3.8) is 0 Å². The quantitative estimate of drug-likeness (QED) is 0.565. The van der Waals surface area contributed by atoms with Gasteiger partial charge in [0.25, 0.3) is 6.43 Å². The van der Waals surface area contributed by atoms with Gasteiger partial charge in [0, 0.05) is 0 Å². The fraction of sp³-hybridized carbons (Fsp3) is 0.333. The fourth-order valence-electron chi connectivity index (χ4n) is 0.768. The lowest BCUT2D eigenvalue weighted by Gasteiger charge is -2.08. The Hall–Kier alpha value is -1.02. The molecule has 4 N–H and O–H groups in total. The number of alkyl halides is 2. The van der Waals surface area contributed by atoms with Gasteiger partial charge in [0.2, 0.25) is 0 Å². The van der Waals surface area contributed by atoms with Crippen LogP contribution in [-0.2, 0) is 0 Å². The van der Waals surface area contributed by atoms with Crippen molar-refractivity contribution in [1.29, 1.82) is 0 Å². The van der Waals surface area contributed by atoms with E-state index in [1.54, 1.807) is 0 Å². The van der Waals surface area contributed by atoms with E-state index >= 15 is 0 Å². The third-order valence-electron chi connectivity index (χ3n) is 1.35. The number of nitrogen functional groups attached to an aromatic ring is 1. The average Bonchev–Trinajstić information content (AvgIpc) is 2.16. The van der Waals surface area contributed by atoms with Crippen molar-refractivity contribution in [1.82, 2.24) is 9.97 Å². The lowest BCUT2D eigenvalue weighted by atomic mass is 10.5. The van der Waals surface area contributed by atoms with Crippen LogP contribution in [0, 0.1) is 0 Å². The first-order valence-corrected chi connectivity index (χ1v) is 4.43. The molecule has 0 unspecified atom stereocenters. The first-order chi connectivity index (χ1) is 6.65. The molecule has 0 saturated carbocycles. The van der Waals surface area contributed by atoms with Crippen LogP contribution >= 0.6 is 15.9 Å². The Kier molecular flexibility index (Phi) is 3.96. The maximum Gasteiger partial charge on any atom is 0.255 e. The Bertz CT molecular complexity index is 308. The fourth-order valence-corrected chi connectivity index (χ4v) is 1.23. The second-order valence-corrected chi connectivity index (χ2v) is 3.09. The maximum absolute atomic E-state index is 11.9. The van der Waals surface area contributed by atoms with E-state index in [1.807, 2.05) is 0 Å². The molecule has 0 amide bonds. The molecule has 0 aromatic carbocycles. The van der Waals surface area contributed by atoms with Gasteiger partial charge in [-0.25, -0.2) is 24.6 Å². The summed E-state index contributed by atoms with van der Waals surface area (Å²) >= 11 is 3.12. The summed E-state index contributed by atoms with van der Waals surface area (Å²) in [4.78, 5) is 7.52. The van der Waals surface area contributed by atoms with Crippen LogP contribution in [-0.4, -0.2) is 22.9 Å². The van der Waals surface area contributed by atoms with Gasteiger partial charge in [0.15, 0.2) is 5.82 Å². The highest BCUT2D eigenvalue weighted by Gasteiger charge is 2.09. The molecule has 1 heterocycles. The summed E-state index contributed by atoms with van der Waals surface area (Å²) in [6, 6.07) is 0. The predicted octanol–water partition coefficient (Wildman–Crippen LogP) is 1.20. The second-order valence-electron chi connectivity index (χ2n) is 2.30. The normalized spacial score (nSPS) is 10.4. The molecule has 0 radical (unpaired) electrons. The SMILES string of the molecule is NNc1ncnc(NCC(F)F)c1Br. The molecular formula is C6H8BrF2N5. The van der Waals surface area contributed by atoms with Crippen LogP contribution in [0.15, 0.2) is 10.8 Å². The van der Waals surface area contributed by atoms with E-state index in [4.69, 9.17) is 5.84 Å². The van der Waals surface area contributed by atoms with Gasteiger partial charge in [-0.1, -0.05) is 0 Å². The van der Waals surface area contributed by atoms with Crippen molar-refractivity contribution >= 4 is 27.6 Å². The molecule has 8 heteroatoms. The standard InChI is InChI=1S/C6H8BrF2N5/c7-4-5(11-1-3(8)9)12-2-13-6(4)14-10/h2-3H,1,10H2,(H2,11,12,13,14). The zero-order valence-corrected chi connectivity index (χ0v) is 8.55. The van der Waals surface area contributed by atoms with Gasteiger partial charge >= 0.3 is 0 Å².